The number of aliphatic hydroxyl groups excluding tert-OH is 3. The average molecular weight is 1150 g/mol. The first kappa shape index (κ1) is 75.8. The Morgan fingerprint density at radius 3 is 1.16 bits per heavy atom. The highest BCUT2D eigenvalue weighted by molar-refractivity contribution is 5.96. The molecule has 16 heteroatoms. The van der Waals surface area contributed by atoms with E-state index in [1.165, 1.54) is 0 Å². The average Bonchev–Trinajstić information content (AvgIpc) is 3.44. The van der Waals surface area contributed by atoms with Gasteiger partial charge < -0.3 is 49.9 Å². The smallest absolute Gasteiger partial charge is 0.305 e. The van der Waals surface area contributed by atoms with Gasteiger partial charge in [0.1, 0.15) is 18.4 Å². The first-order valence-electron chi connectivity index (χ1n) is 33.1. The zero-order valence-corrected chi connectivity index (χ0v) is 52.6. The van der Waals surface area contributed by atoms with E-state index in [1.54, 1.807) is 0 Å². The van der Waals surface area contributed by atoms with Gasteiger partial charge in [0.05, 0.1) is 38.1 Å². The Morgan fingerprint density at radius 2 is 0.815 bits per heavy atom. The fourth-order valence-corrected chi connectivity index (χ4v) is 10.9. The minimum atomic E-state index is -0.644. The van der Waals surface area contributed by atoms with Crippen LogP contribution in [0, 0.1) is 23.7 Å². The van der Waals surface area contributed by atoms with Crippen LogP contribution in [0.2, 0.25) is 0 Å². The second-order valence-corrected chi connectivity index (χ2v) is 24.2. The summed E-state index contributed by atoms with van der Waals surface area (Å²) in [5.74, 6) is 0.685. The van der Waals surface area contributed by atoms with E-state index < -0.39 is 30.4 Å². The van der Waals surface area contributed by atoms with E-state index >= 15 is 0 Å². The third-order valence-electron chi connectivity index (χ3n) is 16.5. The van der Waals surface area contributed by atoms with Crippen molar-refractivity contribution in [2.45, 2.75) is 297 Å². The summed E-state index contributed by atoms with van der Waals surface area (Å²) in [4.78, 5) is 79.3. The molecule has 0 aromatic heterocycles. The number of hydrogen-bond donors (Lipinski definition) is 5. The number of nitrogens with one attached hydrogen (secondary N) is 2. The van der Waals surface area contributed by atoms with Gasteiger partial charge in [0.15, 0.2) is 0 Å². The Hall–Kier alpha value is -3.18. The minimum absolute atomic E-state index is 0.121. The van der Waals surface area contributed by atoms with Crippen molar-refractivity contribution in [1.82, 2.24) is 20.4 Å². The maximum atomic E-state index is 13.4. The Morgan fingerprint density at radius 1 is 0.469 bits per heavy atom. The lowest BCUT2D eigenvalue weighted by Crippen LogP contribution is -2.61. The molecule has 0 bridgehead atoms. The van der Waals surface area contributed by atoms with Crippen LogP contribution in [0.1, 0.15) is 267 Å². The number of piperazine rings is 1. The Bertz CT molecular complexity index is 1560. The van der Waals surface area contributed by atoms with Crippen LogP contribution in [0.25, 0.3) is 0 Å². The van der Waals surface area contributed by atoms with E-state index in [2.05, 4.69) is 68.9 Å². The number of amides is 2. The summed E-state index contributed by atoms with van der Waals surface area (Å²) in [6.07, 6.45) is 25.9. The van der Waals surface area contributed by atoms with E-state index in [1.807, 2.05) is 0 Å². The summed E-state index contributed by atoms with van der Waals surface area (Å²) >= 11 is 0. The van der Waals surface area contributed by atoms with Crippen LogP contribution in [-0.4, -0.2) is 151 Å². The van der Waals surface area contributed by atoms with E-state index in [9.17, 15) is 44.1 Å². The molecule has 9 atom stereocenters. The molecule has 1 heterocycles. The van der Waals surface area contributed by atoms with Gasteiger partial charge in [0.25, 0.3) is 0 Å². The molecule has 16 nitrogen and oxygen atoms in total. The summed E-state index contributed by atoms with van der Waals surface area (Å²) in [5, 5.41) is 39.1. The molecule has 1 rings (SSSR count). The lowest BCUT2D eigenvalue weighted by Gasteiger charge is -2.31. The molecular formula is C65H122N4O12. The zero-order valence-electron chi connectivity index (χ0n) is 52.6. The van der Waals surface area contributed by atoms with Gasteiger partial charge in [-0.2, -0.15) is 0 Å². The molecule has 0 aliphatic carbocycles. The number of unbranched alkanes of at least 4 members (excludes halogenated alkanes) is 10. The SMILES string of the molecule is CCCCC(CC)COC(=O)CCCCC(C)CN(CCCCC1NC(=O)C(CCCCN(CC(O)CCCCC=O)CC(O)CCCCC(=O)OCC(CC)CCCC)NC1=O)CC(O)CCCCC(=O)OCC(CC)CCCC. The first-order chi connectivity index (χ1) is 39.1. The first-order valence-corrected chi connectivity index (χ1v) is 33.1. The summed E-state index contributed by atoms with van der Waals surface area (Å²) in [6.45, 7) is 19.9. The van der Waals surface area contributed by atoms with Crippen LogP contribution >= 0.6 is 0 Å². The molecule has 0 aromatic rings. The summed E-state index contributed by atoms with van der Waals surface area (Å²) < 4.78 is 16.8. The van der Waals surface area contributed by atoms with E-state index in [4.69, 9.17) is 14.2 Å². The normalized spacial score (nSPS) is 17.2. The maximum absolute atomic E-state index is 13.4. The number of aliphatic hydroxyl groups is 3. The molecule has 1 aliphatic rings. The lowest BCUT2D eigenvalue weighted by molar-refractivity contribution is -0.146. The number of nitrogens with zero attached hydrogens (tertiary/aromatic N) is 2. The third-order valence-corrected chi connectivity index (χ3v) is 16.5. The largest absolute Gasteiger partial charge is 0.465 e. The fourth-order valence-electron chi connectivity index (χ4n) is 10.9. The van der Waals surface area contributed by atoms with Crippen LogP contribution in [0.3, 0.4) is 0 Å². The molecule has 0 aromatic carbocycles. The number of rotatable bonds is 56. The second kappa shape index (κ2) is 50.2. The fraction of sp³-hybridized carbons (Fsp3) is 0.908. The molecule has 0 saturated carbocycles. The van der Waals surface area contributed by atoms with Gasteiger partial charge in [0.2, 0.25) is 11.8 Å². The number of ether oxygens (including phenoxy) is 3. The summed E-state index contributed by atoms with van der Waals surface area (Å²) in [7, 11) is 0. The van der Waals surface area contributed by atoms with Crippen molar-refractivity contribution in [3.05, 3.63) is 0 Å². The topological polar surface area (TPSA) is 221 Å². The Labute approximate surface area is 492 Å². The van der Waals surface area contributed by atoms with Crippen LogP contribution < -0.4 is 10.6 Å². The van der Waals surface area contributed by atoms with Gasteiger partial charge >= 0.3 is 17.9 Å². The highest BCUT2D eigenvalue weighted by Gasteiger charge is 2.33. The highest BCUT2D eigenvalue weighted by Crippen LogP contribution is 2.20. The quantitative estimate of drug-likeness (QED) is 0.0166. The molecule has 81 heavy (non-hydrogen) atoms. The number of esters is 3. The molecular weight excluding hydrogens is 1030 g/mol. The van der Waals surface area contributed by atoms with Gasteiger partial charge in [-0.1, -0.05) is 132 Å². The summed E-state index contributed by atoms with van der Waals surface area (Å²) in [6, 6.07) is -1.27. The molecule has 1 aliphatic heterocycles. The van der Waals surface area contributed by atoms with Crippen LogP contribution in [0.15, 0.2) is 0 Å². The lowest BCUT2D eigenvalue weighted by atomic mass is 10.00. The van der Waals surface area contributed by atoms with E-state index in [0.29, 0.717) is 172 Å². The van der Waals surface area contributed by atoms with Crippen molar-refractivity contribution in [3.8, 4) is 0 Å². The van der Waals surface area contributed by atoms with Crippen molar-refractivity contribution in [2.75, 3.05) is 59.1 Å². The minimum Gasteiger partial charge on any atom is -0.465 e. The monoisotopic (exact) mass is 1150 g/mol. The number of hydrogen-bond acceptors (Lipinski definition) is 14. The van der Waals surface area contributed by atoms with E-state index in [-0.39, 0.29) is 29.7 Å². The van der Waals surface area contributed by atoms with Gasteiger partial charge in [-0.3, -0.25) is 28.9 Å². The van der Waals surface area contributed by atoms with Gasteiger partial charge in [-0.25, -0.2) is 0 Å². The zero-order chi connectivity index (χ0) is 59.9. The molecule has 5 N–H and O–H groups in total. The second-order valence-electron chi connectivity index (χ2n) is 24.2. The summed E-state index contributed by atoms with van der Waals surface area (Å²) in [5.41, 5.74) is 0. The predicted molar refractivity (Wildman–Crippen MR) is 324 cm³/mol. The van der Waals surface area contributed by atoms with Crippen molar-refractivity contribution >= 4 is 36.0 Å². The van der Waals surface area contributed by atoms with Crippen LogP contribution in [0.4, 0.5) is 0 Å². The molecule has 2 amide bonds. The third kappa shape index (κ3) is 40.7. The molecule has 0 spiro atoms. The number of aldehydes is 1. The predicted octanol–water partition coefficient (Wildman–Crippen LogP) is 11.4. The van der Waals surface area contributed by atoms with Gasteiger partial charge in [-0.05, 0) is 146 Å². The number of carbonyl (C=O) groups excluding carboxylic acids is 6. The Balaban J connectivity index is 2.72. The molecule has 1 saturated heterocycles. The van der Waals surface area contributed by atoms with Crippen LogP contribution in [-0.2, 0) is 43.0 Å². The Kier molecular flexibility index (Phi) is 47.0. The van der Waals surface area contributed by atoms with Gasteiger partial charge in [0, 0.05) is 51.9 Å². The molecule has 9 unspecified atom stereocenters. The van der Waals surface area contributed by atoms with E-state index in [0.717, 1.165) is 135 Å². The van der Waals surface area contributed by atoms with Crippen molar-refractivity contribution in [1.29, 1.82) is 0 Å². The van der Waals surface area contributed by atoms with Crippen LogP contribution in [0.5, 0.6) is 0 Å². The maximum Gasteiger partial charge on any atom is 0.305 e. The molecule has 1 fully saturated rings. The van der Waals surface area contributed by atoms with Crippen molar-refractivity contribution < 1.29 is 58.3 Å². The van der Waals surface area contributed by atoms with Gasteiger partial charge in [-0.15, -0.1) is 0 Å². The molecule has 474 valence electrons. The number of carbonyl (C=O) groups is 6. The highest BCUT2D eigenvalue weighted by atomic mass is 16.5. The standard InChI is InChI=1S/C65H122N4O12/c1-8-14-31-53(11-4)49-79-61(74)39-22-19-30-52(7)45-68(46-57(72)35-20-23-40-62(75)80-50-54(12-5)32-15-9-2)42-27-25-37-59-64(77)67-60(65(78)66-59)38-26-28-43-69(47-56(71)34-18-17-29-44-70)48-58(73)36-21-24-41-63(76)81-51-55(13-6)33-16-10-3/h44,52-60,71-73H,8-43,45-51H2,1-7H3,(H,66,78)(H,67,77). The molecule has 0 radical (unpaired) electrons. The van der Waals surface area contributed by atoms with Crippen molar-refractivity contribution in [3.63, 3.8) is 0 Å². The van der Waals surface area contributed by atoms with Crippen molar-refractivity contribution in [2.24, 2.45) is 23.7 Å².